The van der Waals surface area contributed by atoms with Crippen LogP contribution in [-0.2, 0) is 24.3 Å². The molecule has 7 nitrogen and oxygen atoms in total. The number of aryl methyl sites for hydroxylation is 1. The molecule has 4 aromatic rings. The number of methoxy groups -OCH3 is 1. The quantitative estimate of drug-likeness (QED) is 0.327. The topological polar surface area (TPSA) is 79.0 Å². The van der Waals surface area contributed by atoms with Crippen molar-refractivity contribution in [2.45, 2.75) is 26.0 Å². The van der Waals surface area contributed by atoms with Crippen LogP contribution < -0.4 is 15.7 Å². The van der Waals surface area contributed by atoms with Crippen LogP contribution in [0.3, 0.4) is 0 Å². The number of carbonyl (C=O) groups excluding carboxylic acids is 1. The zero-order valence-corrected chi connectivity index (χ0v) is 19.3. The lowest BCUT2D eigenvalue weighted by atomic mass is 10.0. The molecule has 4 rings (SSSR count). The molecule has 0 aliphatic heterocycles. The highest BCUT2D eigenvalue weighted by atomic mass is 19.1. The molecule has 35 heavy (non-hydrogen) atoms. The van der Waals surface area contributed by atoms with E-state index in [9.17, 15) is 18.8 Å². The Morgan fingerprint density at radius 2 is 1.71 bits per heavy atom. The number of halogens is 1. The lowest BCUT2D eigenvalue weighted by Crippen LogP contribution is -2.28. The number of hydrogen-bond acceptors (Lipinski definition) is 5. The molecule has 180 valence electrons. The number of benzene rings is 2. The van der Waals surface area contributed by atoms with Gasteiger partial charge in [-0.1, -0.05) is 42.5 Å². The molecule has 0 fully saturated rings. The molecule has 0 aliphatic carbocycles. The number of hydrogen-bond donors (Lipinski definition) is 0. The normalized spacial score (nSPS) is 11.0. The minimum Gasteiger partial charge on any atom is -0.483 e. The SMILES string of the molecule is COCCn1ccn2cc(C(=O)CCc3ccc(F)cc3)c(=O)c(OCc3ccccc3)c2c1=O. The van der Waals surface area contributed by atoms with Crippen molar-refractivity contribution in [3.8, 4) is 5.75 Å². The van der Waals surface area contributed by atoms with Crippen LogP contribution in [0.15, 0.2) is 82.8 Å². The predicted molar refractivity (Wildman–Crippen MR) is 130 cm³/mol. The van der Waals surface area contributed by atoms with Gasteiger partial charge in [0, 0.05) is 38.7 Å². The summed E-state index contributed by atoms with van der Waals surface area (Å²) in [6, 6.07) is 15.1. The summed E-state index contributed by atoms with van der Waals surface area (Å²) in [6.45, 7) is 0.683. The van der Waals surface area contributed by atoms with Crippen LogP contribution >= 0.6 is 0 Å². The Morgan fingerprint density at radius 1 is 0.971 bits per heavy atom. The van der Waals surface area contributed by atoms with Crippen LogP contribution in [-0.4, -0.2) is 28.5 Å². The standard InChI is InChI=1S/C27H25FN2O5/c1-34-16-15-29-13-14-30-17-22(23(31)12-9-19-7-10-21(28)11-8-19)25(32)26(24(30)27(29)33)35-18-20-5-3-2-4-6-20/h2-8,10-11,13-14,17H,9,12,15-16,18H2,1H3. The highest BCUT2D eigenvalue weighted by molar-refractivity contribution is 5.96. The van der Waals surface area contributed by atoms with Gasteiger partial charge < -0.3 is 18.4 Å². The average Bonchev–Trinajstić information content (AvgIpc) is 2.87. The van der Waals surface area contributed by atoms with Gasteiger partial charge >= 0.3 is 0 Å². The van der Waals surface area contributed by atoms with Crippen LogP contribution in [0.2, 0.25) is 0 Å². The van der Waals surface area contributed by atoms with Crippen molar-refractivity contribution >= 4 is 11.3 Å². The molecule has 0 N–H and O–H groups in total. The summed E-state index contributed by atoms with van der Waals surface area (Å²) in [5.74, 6) is -0.913. The predicted octanol–water partition coefficient (Wildman–Crippen LogP) is 3.64. The highest BCUT2D eigenvalue weighted by Gasteiger charge is 2.21. The number of aromatic nitrogens is 2. The van der Waals surface area contributed by atoms with Gasteiger partial charge in [-0.05, 0) is 29.7 Å². The number of ketones is 1. The molecule has 2 heterocycles. The molecule has 0 atom stereocenters. The second-order valence-corrected chi connectivity index (χ2v) is 8.07. The number of rotatable bonds is 10. The van der Waals surface area contributed by atoms with Crippen molar-refractivity contribution in [3.63, 3.8) is 0 Å². The van der Waals surface area contributed by atoms with E-state index in [-0.39, 0.29) is 41.5 Å². The number of carbonyl (C=O) groups is 1. The summed E-state index contributed by atoms with van der Waals surface area (Å²) in [5.41, 5.74) is 0.527. The fourth-order valence-electron chi connectivity index (χ4n) is 3.76. The van der Waals surface area contributed by atoms with E-state index in [2.05, 4.69) is 0 Å². The fourth-order valence-corrected chi connectivity index (χ4v) is 3.76. The number of ether oxygens (including phenoxy) is 2. The lowest BCUT2D eigenvalue weighted by Gasteiger charge is -2.14. The average molecular weight is 477 g/mol. The molecule has 0 unspecified atom stereocenters. The molecular weight excluding hydrogens is 451 g/mol. The fraction of sp³-hybridized carbons (Fsp3) is 0.222. The molecule has 2 aromatic heterocycles. The third-order valence-corrected chi connectivity index (χ3v) is 5.68. The maximum absolute atomic E-state index is 13.4. The molecule has 0 radical (unpaired) electrons. The summed E-state index contributed by atoms with van der Waals surface area (Å²) >= 11 is 0. The van der Waals surface area contributed by atoms with Crippen LogP contribution in [0, 0.1) is 5.82 Å². The molecule has 0 bridgehead atoms. The first-order chi connectivity index (χ1) is 17.0. The Hall–Kier alpha value is -4.04. The van der Waals surface area contributed by atoms with Crippen LogP contribution in [0.25, 0.3) is 5.52 Å². The van der Waals surface area contributed by atoms with Crippen molar-refractivity contribution in [1.29, 1.82) is 0 Å². The van der Waals surface area contributed by atoms with Crippen molar-refractivity contribution in [3.05, 3.63) is 116 Å². The minimum absolute atomic E-state index is 0.0516. The van der Waals surface area contributed by atoms with E-state index in [1.54, 1.807) is 24.5 Å². The first kappa shape index (κ1) is 24.1. The van der Waals surface area contributed by atoms with Gasteiger partial charge in [0.05, 0.1) is 12.2 Å². The van der Waals surface area contributed by atoms with Gasteiger partial charge in [0.15, 0.2) is 17.0 Å². The third kappa shape index (κ3) is 5.55. The van der Waals surface area contributed by atoms with Gasteiger partial charge in [-0.2, -0.15) is 0 Å². The van der Waals surface area contributed by atoms with E-state index in [4.69, 9.17) is 9.47 Å². The Kier molecular flexibility index (Phi) is 7.52. The molecule has 0 saturated heterocycles. The molecule has 0 spiro atoms. The van der Waals surface area contributed by atoms with Gasteiger partial charge in [0.1, 0.15) is 12.4 Å². The Bertz CT molecular complexity index is 1440. The second kappa shape index (κ2) is 10.9. The summed E-state index contributed by atoms with van der Waals surface area (Å²) in [6.07, 6.45) is 4.96. The summed E-state index contributed by atoms with van der Waals surface area (Å²) in [5, 5.41) is 0. The Balaban J connectivity index is 1.72. The van der Waals surface area contributed by atoms with Gasteiger partial charge in [0.25, 0.3) is 5.56 Å². The molecule has 0 aliphatic rings. The zero-order chi connectivity index (χ0) is 24.8. The zero-order valence-electron chi connectivity index (χ0n) is 19.3. The lowest BCUT2D eigenvalue weighted by molar-refractivity contribution is 0.0980. The summed E-state index contributed by atoms with van der Waals surface area (Å²) < 4.78 is 27.0. The van der Waals surface area contributed by atoms with Crippen molar-refractivity contribution in [2.75, 3.05) is 13.7 Å². The number of fused-ring (bicyclic) bond motifs is 1. The maximum Gasteiger partial charge on any atom is 0.278 e. The molecule has 0 amide bonds. The number of nitrogens with zero attached hydrogens (tertiary/aromatic N) is 2. The van der Waals surface area contributed by atoms with Gasteiger partial charge in [-0.25, -0.2) is 4.39 Å². The first-order valence-corrected chi connectivity index (χ1v) is 11.2. The van der Waals surface area contributed by atoms with E-state index in [0.29, 0.717) is 19.6 Å². The Morgan fingerprint density at radius 3 is 2.43 bits per heavy atom. The van der Waals surface area contributed by atoms with E-state index in [1.807, 2.05) is 30.3 Å². The monoisotopic (exact) mass is 476 g/mol. The van der Waals surface area contributed by atoms with Gasteiger partial charge in [-0.3, -0.25) is 14.4 Å². The molecule has 8 heteroatoms. The minimum atomic E-state index is -0.633. The van der Waals surface area contributed by atoms with E-state index >= 15 is 0 Å². The molecule has 0 saturated carbocycles. The van der Waals surface area contributed by atoms with Crippen LogP contribution in [0.1, 0.15) is 27.9 Å². The smallest absolute Gasteiger partial charge is 0.278 e. The second-order valence-electron chi connectivity index (χ2n) is 8.07. The van der Waals surface area contributed by atoms with E-state index < -0.39 is 11.0 Å². The Labute approximate surface area is 201 Å². The largest absolute Gasteiger partial charge is 0.483 e. The first-order valence-electron chi connectivity index (χ1n) is 11.2. The van der Waals surface area contributed by atoms with Gasteiger partial charge in [0.2, 0.25) is 5.43 Å². The van der Waals surface area contributed by atoms with Crippen molar-refractivity contribution in [1.82, 2.24) is 8.97 Å². The number of pyridine rings is 1. The third-order valence-electron chi connectivity index (χ3n) is 5.68. The summed E-state index contributed by atoms with van der Waals surface area (Å²) in [4.78, 5) is 39.6. The highest BCUT2D eigenvalue weighted by Crippen LogP contribution is 2.17. The van der Waals surface area contributed by atoms with E-state index in [1.165, 1.54) is 34.4 Å². The van der Waals surface area contributed by atoms with E-state index in [0.717, 1.165) is 11.1 Å². The molecule has 2 aromatic carbocycles. The maximum atomic E-state index is 13.4. The summed E-state index contributed by atoms with van der Waals surface area (Å²) in [7, 11) is 1.54. The van der Waals surface area contributed by atoms with Crippen LogP contribution in [0.5, 0.6) is 5.75 Å². The number of Topliss-reactive ketones (excluding diaryl/α,β-unsaturated/α-hetero) is 1. The van der Waals surface area contributed by atoms with Crippen molar-refractivity contribution in [2.24, 2.45) is 0 Å². The van der Waals surface area contributed by atoms with Crippen LogP contribution in [0.4, 0.5) is 4.39 Å². The molecular formula is C27H25FN2O5. The van der Waals surface area contributed by atoms with Crippen molar-refractivity contribution < 1.29 is 18.7 Å². The van der Waals surface area contributed by atoms with Gasteiger partial charge in [-0.15, -0.1) is 0 Å².